The fourth-order valence-electron chi connectivity index (χ4n) is 2.68. The van der Waals surface area contributed by atoms with E-state index in [2.05, 4.69) is 63.6 Å². The van der Waals surface area contributed by atoms with E-state index in [0.29, 0.717) is 12.1 Å². The van der Waals surface area contributed by atoms with Crippen molar-refractivity contribution in [1.29, 1.82) is 0 Å². The Bertz CT molecular complexity index is 408. The molecule has 3 nitrogen and oxygen atoms in total. The van der Waals surface area contributed by atoms with Crippen LogP contribution in [0.15, 0.2) is 22.7 Å². The van der Waals surface area contributed by atoms with Gasteiger partial charge in [0.15, 0.2) is 0 Å². The highest BCUT2D eigenvalue weighted by Crippen LogP contribution is 2.25. The Balaban J connectivity index is 2.24. The van der Waals surface area contributed by atoms with Crippen LogP contribution in [-0.2, 0) is 0 Å². The van der Waals surface area contributed by atoms with E-state index >= 15 is 0 Å². The maximum atomic E-state index is 3.63. The van der Waals surface area contributed by atoms with Crippen LogP contribution < -0.4 is 10.6 Å². The Labute approximate surface area is 118 Å². The molecule has 18 heavy (non-hydrogen) atoms. The lowest BCUT2D eigenvalue weighted by atomic mass is 9.94. The first kappa shape index (κ1) is 14.0. The van der Waals surface area contributed by atoms with Gasteiger partial charge in [0.25, 0.3) is 0 Å². The van der Waals surface area contributed by atoms with E-state index in [0.717, 1.165) is 24.1 Å². The predicted molar refractivity (Wildman–Crippen MR) is 80.0 cm³/mol. The standard InChI is InChI=1S/C14H22BrN3/c1-10-4-5-11(15)8-12(10)14(16-2)13-9-18(3)7-6-17-13/h4-5,8,13-14,16-17H,6-7,9H2,1-3H3. The number of hydrogen-bond donors (Lipinski definition) is 2. The number of nitrogens with zero attached hydrogens (tertiary/aromatic N) is 1. The first-order valence-corrected chi connectivity index (χ1v) is 7.26. The average molecular weight is 312 g/mol. The minimum absolute atomic E-state index is 0.352. The van der Waals surface area contributed by atoms with Crippen LogP contribution in [0.4, 0.5) is 0 Å². The van der Waals surface area contributed by atoms with Crippen molar-refractivity contribution >= 4 is 15.9 Å². The van der Waals surface area contributed by atoms with Crippen molar-refractivity contribution in [3.05, 3.63) is 33.8 Å². The minimum Gasteiger partial charge on any atom is -0.312 e. The summed E-state index contributed by atoms with van der Waals surface area (Å²) in [6.07, 6.45) is 0. The normalized spacial score (nSPS) is 23.0. The maximum absolute atomic E-state index is 3.63. The molecule has 0 aromatic heterocycles. The van der Waals surface area contributed by atoms with Crippen LogP contribution in [0, 0.1) is 6.92 Å². The molecule has 0 radical (unpaired) electrons. The fourth-order valence-corrected chi connectivity index (χ4v) is 3.05. The molecule has 1 heterocycles. The highest BCUT2D eigenvalue weighted by molar-refractivity contribution is 9.10. The molecule has 1 aliphatic heterocycles. The van der Waals surface area contributed by atoms with E-state index in [4.69, 9.17) is 0 Å². The van der Waals surface area contributed by atoms with Crippen molar-refractivity contribution in [2.24, 2.45) is 0 Å². The molecule has 1 aromatic carbocycles. The zero-order chi connectivity index (χ0) is 13.1. The Morgan fingerprint density at radius 3 is 2.94 bits per heavy atom. The van der Waals surface area contributed by atoms with Crippen molar-refractivity contribution in [3.63, 3.8) is 0 Å². The Hall–Kier alpha value is -0.420. The second-order valence-electron chi connectivity index (χ2n) is 5.09. The molecular weight excluding hydrogens is 290 g/mol. The quantitative estimate of drug-likeness (QED) is 0.893. The summed E-state index contributed by atoms with van der Waals surface area (Å²) in [5.74, 6) is 0. The first-order valence-electron chi connectivity index (χ1n) is 6.47. The number of nitrogens with one attached hydrogen (secondary N) is 2. The summed E-state index contributed by atoms with van der Waals surface area (Å²) in [4.78, 5) is 2.39. The molecule has 2 atom stereocenters. The monoisotopic (exact) mass is 311 g/mol. The lowest BCUT2D eigenvalue weighted by Gasteiger charge is -2.36. The third-order valence-corrected chi connectivity index (χ3v) is 4.19. The molecule has 2 rings (SSSR count). The molecule has 0 aliphatic carbocycles. The Morgan fingerprint density at radius 2 is 2.28 bits per heavy atom. The van der Waals surface area contributed by atoms with E-state index in [1.54, 1.807) is 0 Å². The van der Waals surface area contributed by atoms with Crippen LogP contribution in [0.3, 0.4) is 0 Å². The molecule has 1 saturated heterocycles. The van der Waals surface area contributed by atoms with Gasteiger partial charge in [-0.05, 0) is 44.3 Å². The summed E-state index contributed by atoms with van der Waals surface area (Å²) in [6, 6.07) is 7.32. The second kappa shape index (κ2) is 6.15. The molecule has 0 amide bonds. The predicted octanol–water partition coefficient (Wildman–Crippen LogP) is 1.92. The lowest BCUT2D eigenvalue weighted by Crippen LogP contribution is -2.54. The number of hydrogen-bond acceptors (Lipinski definition) is 3. The van der Waals surface area contributed by atoms with Crippen molar-refractivity contribution in [3.8, 4) is 0 Å². The largest absolute Gasteiger partial charge is 0.312 e. The Morgan fingerprint density at radius 1 is 1.50 bits per heavy atom. The fraction of sp³-hybridized carbons (Fsp3) is 0.571. The SMILES string of the molecule is CNC(c1cc(Br)ccc1C)C1CN(C)CCN1. The molecule has 2 unspecified atom stereocenters. The number of rotatable bonds is 3. The molecule has 0 saturated carbocycles. The van der Waals surface area contributed by atoms with Crippen LogP contribution in [0.5, 0.6) is 0 Å². The molecule has 1 fully saturated rings. The lowest BCUT2D eigenvalue weighted by molar-refractivity contribution is 0.209. The van der Waals surface area contributed by atoms with Gasteiger partial charge in [-0.2, -0.15) is 0 Å². The van der Waals surface area contributed by atoms with E-state index in [9.17, 15) is 0 Å². The van der Waals surface area contributed by atoms with Crippen molar-refractivity contribution in [2.45, 2.75) is 19.0 Å². The zero-order valence-electron chi connectivity index (χ0n) is 11.3. The maximum Gasteiger partial charge on any atom is 0.0489 e. The topological polar surface area (TPSA) is 27.3 Å². The van der Waals surface area contributed by atoms with Crippen LogP contribution in [0.25, 0.3) is 0 Å². The zero-order valence-corrected chi connectivity index (χ0v) is 12.9. The van der Waals surface area contributed by atoms with Gasteiger partial charge < -0.3 is 15.5 Å². The molecule has 1 aromatic rings. The number of benzene rings is 1. The molecule has 4 heteroatoms. The summed E-state index contributed by atoms with van der Waals surface area (Å²) in [6.45, 7) is 5.45. The van der Waals surface area contributed by atoms with E-state index in [1.165, 1.54) is 11.1 Å². The molecule has 1 aliphatic rings. The number of halogens is 1. The summed E-state index contributed by atoms with van der Waals surface area (Å²) < 4.78 is 1.15. The van der Waals surface area contributed by atoms with Crippen LogP contribution in [0.2, 0.25) is 0 Å². The van der Waals surface area contributed by atoms with E-state index in [-0.39, 0.29) is 0 Å². The summed E-state index contributed by atoms with van der Waals surface area (Å²) in [5, 5.41) is 7.09. The third-order valence-electron chi connectivity index (χ3n) is 3.70. The first-order chi connectivity index (χ1) is 8.61. The second-order valence-corrected chi connectivity index (χ2v) is 6.01. The smallest absolute Gasteiger partial charge is 0.0489 e. The van der Waals surface area contributed by atoms with E-state index in [1.807, 2.05) is 7.05 Å². The molecular formula is C14H22BrN3. The van der Waals surface area contributed by atoms with Gasteiger partial charge in [0.1, 0.15) is 0 Å². The van der Waals surface area contributed by atoms with Gasteiger partial charge in [-0.25, -0.2) is 0 Å². The van der Waals surface area contributed by atoms with Crippen LogP contribution >= 0.6 is 15.9 Å². The van der Waals surface area contributed by atoms with Gasteiger partial charge in [0, 0.05) is 36.2 Å². The van der Waals surface area contributed by atoms with Gasteiger partial charge in [0.2, 0.25) is 0 Å². The van der Waals surface area contributed by atoms with Gasteiger partial charge in [-0.3, -0.25) is 0 Å². The van der Waals surface area contributed by atoms with Crippen LogP contribution in [-0.4, -0.2) is 44.7 Å². The van der Waals surface area contributed by atoms with Crippen molar-refractivity contribution < 1.29 is 0 Å². The van der Waals surface area contributed by atoms with Crippen LogP contribution in [0.1, 0.15) is 17.2 Å². The van der Waals surface area contributed by atoms with Crippen molar-refractivity contribution in [2.75, 3.05) is 33.7 Å². The highest BCUT2D eigenvalue weighted by atomic mass is 79.9. The van der Waals surface area contributed by atoms with Gasteiger partial charge in [-0.1, -0.05) is 22.0 Å². The number of piperazine rings is 1. The van der Waals surface area contributed by atoms with Crippen molar-refractivity contribution in [1.82, 2.24) is 15.5 Å². The highest BCUT2D eigenvalue weighted by Gasteiger charge is 2.26. The van der Waals surface area contributed by atoms with Gasteiger partial charge in [-0.15, -0.1) is 0 Å². The average Bonchev–Trinajstić information content (AvgIpc) is 2.35. The molecule has 2 N–H and O–H groups in total. The minimum atomic E-state index is 0.352. The van der Waals surface area contributed by atoms with E-state index < -0.39 is 0 Å². The molecule has 100 valence electrons. The summed E-state index contributed by atoms with van der Waals surface area (Å²) in [7, 11) is 4.23. The molecule has 0 spiro atoms. The summed E-state index contributed by atoms with van der Waals surface area (Å²) in [5.41, 5.74) is 2.72. The van der Waals surface area contributed by atoms with Gasteiger partial charge >= 0.3 is 0 Å². The Kier molecular flexibility index (Phi) is 4.78. The number of likely N-dealkylation sites (N-methyl/N-ethyl adjacent to an activating group) is 2. The third kappa shape index (κ3) is 3.12. The summed E-state index contributed by atoms with van der Waals surface area (Å²) >= 11 is 3.57. The van der Waals surface area contributed by atoms with Gasteiger partial charge in [0.05, 0.1) is 0 Å². The molecule has 0 bridgehead atoms. The number of aryl methyl sites for hydroxylation is 1.